The van der Waals surface area contributed by atoms with E-state index < -0.39 is 0 Å². The Morgan fingerprint density at radius 3 is 2.13 bits per heavy atom. The summed E-state index contributed by atoms with van der Waals surface area (Å²) in [6.45, 7) is 11.9. The number of esters is 2. The Labute approximate surface area is 264 Å². The van der Waals surface area contributed by atoms with Crippen molar-refractivity contribution in [1.82, 2.24) is 15.3 Å². The molecule has 0 saturated carbocycles. The molecule has 1 saturated heterocycles. The number of nitrogens with zero attached hydrogens (tertiary/aromatic N) is 1. The van der Waals surface area contributed by atoms with Crippen LogP contribution in [0.25, 0.3) is 12.2 Å². The lowest BCUT2D eigenvalue weighted by molar-refractivity contribution is -0.141. The van der Waals surface area contributed by atoms with E-state index in [1.807, 2.05) is 39.8 Å². The van der Waals surface area contributed by atoms with Crippen LogP contribution in [0.5, 0.6) is 0 Å². The second kappa shape index (κ2) is 14.3. The summed E-state index contributed by atoms with van der Waals surface area (Å²) in [7, 11) is 2.76. The molecular weight excluding hydrogens is 572 g/mol. The molecule has 2 aromatic rings. The van der Waals surface area contributed by atoms with E-state index in [0.717, 1.165) is 56.3 Å². The Balaban J connectivity index is 1.85. The number of carbonyl (C=O) groups excluding carboxylic acids is 4. The molecule has 45 heavy (non-hydrogen) atoms. The molecule has 2 amide bonds. The van der Waals surface area contributed by atoms with Crippen LogP contribution in [0.3, 0.4) is 0 Å². The molecule has 10 heteroatoms. The van der Waals surface area contributed by atoms with Crippen LogP contribution in [0, 0.1) is 25.7 Å². The van der Waals surface area contributed by atoms with Crippen LogP contribution in [0.1, 0.15) is 87.0 Å². The van der Waals surface area contributed by atoms with Gasteiger partial charge in [0.15, 0.2) is 0 Å². The van der Waals surface area contributed by atoms with E-state index in [9.17, 15) is 19.2 Å². The Morgan fingerprint density at radius 1 is 0.889 bits per heavy atom. The molecule has 0 aliphatic carbocycles. The second-order valence-electron chi connectivity index (χ2n) is 12.1. The van der Waals surface area contributed by atoms with Gasteiger partial charge >= 0.3 is 11.9 Å². The molecule has 2 aliphatic rings. The summed E-state index contributed by atoms with van der Waals surface area (Å²) in [4.78, 5) is 60.6. The van der Waals surface area contributed by atoms with Gasteiger partial charge in [0.05, 0.1) is 19.9 Å². The van der Waals surface area contributed by atoms with Gasteiger partial charge in [-0.1, -0.05) is 27.2 Å². The molecule has 3 atom stereocenters. The summed E-state index contributed by atoms with van der Waals surface area (Å²) in [6.07, 6.45) is 7.52. The highest BCUT2D eigenvalue weighted by atomic mass is 16.5. The van der Waals surface area contributed by atoms with Gasteiger partial charge in [-0.15, -0.1) is 0 Å². The van der Waals surface area contributed by atoms with Crippen molar-refractivity contribution < 1.29 is 28.7 Å². The number of amides is 2. The highest BCUT2D eigenvalue weighted by Gasteiger charge is 2.38. The number of carbonyl (C=O) groups is 4. The number of methoxy groups -OCH3 is 2. The zero-order valence-electron chi connectivity index (χ0n) is 27.7. The molecular formula is C35H46N4O6. The average molecular weight is 619 g/mol. The van der Waals surface area contributed by atoms with Crippen LogP contribution in [0.15, 0.2) is 16.1 Å². The number of allylic oxidation sites excluding steroid dienone is 1. The molecule has 0 aromatic carbocycles. The SMILES string of the molecule is CCC1=C(C)C(=O)N=C1/C=c1\[nH]/c(=C\c2[nH]c(CC3NC(=O)C(C)C3CC)c(C)c2CCC(=O)OC)c(CCC(=O)OC)c1C. The van der Waals surface area contributed by atoms with Crippen molar-refractivity contribution in [2.75, 3.05) is 14.2 Å². The van der Waals surface area contributed by atoms with Crippen molar-refractivity contribution in [2.24, 2.45) is 16.8 Å². The van der Waals surface area contributed by atoms with Crippen molar-refractivity contribution in [3.63, 3.8) is 0 Å². The van der Waals surface area contributed by atoms with E-state index in [-0.39, 0.29) is 54.5 Å². The molecule has 1 fully saturated rings. The smallest absolute Gasteiger partial charge is 0.305 e. The van der Waals surface area contributed by atoms with Crippen LogP contribution in [0.4, 0.5) is 0 Å². The van der Waals surface area contributed by atoms with Gasteiger partial charge in [0.1, 0.15) is 0 Å². The summed E-state index contributed by atoms with van der Waals surface area (Å²) in [6, 6.07) is 0.0138. The zero-order chi connectivity index (χ0) is 33.0. The van der Waals surface area contributed by atoms with Crippen molar-refractivity contribution in [2.45, 2.75) is 92.5 Å². The number of rotatable bonds is 12. The van der Waals surface area contributed by atoms with Crippen molar-refractivity contribution in [1.29, 1.82) is 0 Å². The third kappa shape index (κ3) is 7.05. The lowest BCUT2D eigenvalue weighted by Crippen LogP contribution is -2.31. The van der Waals surface area contributed by atoms with Crippen molar-refractivity contribution >= 4 is 41.6 Å². The zero-order valence-corrected chi connectivity index (χ0v) is 27.7. The number of nitrogens with one attached hydrogen (secondary N) is 3. The first kappa shape index (κ1) is 33.7. The number of H-pyrrole nitrogens is 2. The minimum absolute atomic E-state index is 0.0138. The van der Waals surface area contributed by atoms with Crippen LogP contribution in [-0.4, -0.2) is 59.7 Å². The third-order valence-corrected chi connectivity index (χ3v) is 9.60. The number of hydrogen-bond acceptors (Lipinski definition) is 6. The van der Waals surface area contributed by atoms with E-state index >= 15 is 0 Å². The van der Waals surface area contributed by atoms with Gasteiger partial charge < -0.3 is 24.8 Å². The molecule has 4 heterocycles. The lowest BCUT2D eigenvalue weighted by Gasteiger charge is -2.19. The fourth-order valence-corrected chi connectivity index (χ4v) is 6.75. The third-order valence-electron chi connectivity index (χ3n) is 9.60. The van der Waals surface area contributed by atoms with Gasteiger partial charge in [-0.3, -0.25) is 19.2 Å². The number of ether oxygens (including phenoxy) is 2. The Hall–Kier alpha value is -4.21. The number of aliphatic imine (C=N–C) groups is 1. The van der Waals surface area contributed by atoms with Gasteiger partial charge in [0, 0.05) is 58.9 Å². The van der Waals surface area contributed by atoms with Crippen LogP contribution in [-0.2, 0) is 47.9 Å². The van der Waals surface area contributed by atoms with Gasteiger partial charge in [-0.2, -0.15) is 0 Å². The van der Waals surface area contributed by atoms with Crippen LogP contribution >= 0.6 is 0 Å². The summed E-state index contributed by atoms with van der Waals surface area (Å²) < 4.78 is 9.86. The standard InChI is InChI=1S/C35H46N4O6/c1-9-22-20(5)34(42)38-28(22)15-26-18(3)24(11-13-32(40)44-7)30(36-26)17-31-25(12-14-33(41)45-8)19(4)27(37-31)16-29-23(10-2)21(6)35(43)39-29/h15,17,21,23,29,36-37H,9-14,16H2,1-8H3,(H,39,43)/b26-15-,30-17-. The first-order valence-corrected chi connectivity index (χ1v) is 15.8. The molecule has 2 aromatic heterocycles. The molecule has 242 valence electrons. The molecule has 0 spiro atoms. The normalized spacial score (nSPS) is 20.7. The molecule has 0 bridgehead atoms. The summed E-state index contributed by atoms with van der Waals surface area (Å²) in [5.74, 6) is -0.543. The summed E-state index contributed by atoms with van der Waals surface area (Å²) in [5.41, 5.74) is 8.03. The number of hydrogen-bond donors (Lipinski definition) is 3. The second-order valence-corrected chi connectivity index (χ2v) is 12.1. The first-order chi connectivity index (χ1) is 21.4. The lowest BCUT2D eigenvalue weighted by atomic mass is 9.87. The van der Waals surface area contributed by atoms with Crippen molar-refractivity contribution in [3.8, 4) is 0 Å². The predicted molar refractivity (Wildman–Crippen MR) is 173 cm³/mol. The molecule has 2 aliphatic heterocycles. The van der Waals surface area contributed by atoms with Crippen LogP contribution < -0.4 is 16.0 Å². The van der Waals surface area contributed by atoms with Gasteiger partial charge in [-0.05, 0) is 85.9 Å². The number of aromatic amines is 2. The number of aromatic nitrogens is 2. The molecule has 4 rings (SSSR count). The van der Waals surface area contributed by atoms with Gasteiger partial charge in [0.2, 0.25) is 5.91 Å². The summed E-state index contributed by atoms with van der Waals surface area (Å²) in [5, 5.41) is 4.80. The Morgan fingerprint density at radius 2 is 1.53 bits per heavy atom. The van der Waals surface area contributed by atoms with E-state index in [2.05, 4.69) is 27.2 Å². The van der Waals surface area contributed by atoms with Gasteiger partial charge in [-0.25, -0.2) is 4.99 Å². The van der Waals surface area contributed by atoms with E-state index in [1.165, 1.54) is 14.2 Å². The van der Waals surface area contributed by atoms with E-state index in [4.69, 9.17) is 9.47 Å². The maximum atomic E-state index is 12.5. The fourth-order valence-electron chi connectivity index (χ4n) is 6.75. The Bertz CT molecular complexity index is 1690. The minimum atomic E-state index is -0.306. The molecule has 10 nitrogen and oxygen atoms in total. The quantitative estimate of drug-likeness (QED) is 0.312. The maximum absolute atomic E-state index is 12.5. The van der Waals surface area contributed by atoms with E-state index in [0.29, 0.717) is 37.0 Å². The van der Waals surface area contributed by atoms with Crippen molar-refractivity contribution in [3.05, 3.63) is 55.5 Å². The largest absolute Gasteiger partial charge is 0.469 e. The highest BCUT2D eigenvalue weighted by Crippen LogP contribution is 2.30. The fraction of sp³-hybridized carbons (Fsp3) is 0.514. The van der Waals surface area contributed by atoms with Gasteiger partial charge in [0.25, 0.3) is 5.91 Å². The highest BCUT2D eigenvalue weighted by molar-refractivity contribution is 6.30. The average Bonchev–Trinajstić information content (AvgIpc) is 3.67. The first-order valence-electron chi connectivity index (χ1n) is 15.8. The Kier molecular flexibility index (Phi) is 10.7. The molecule has 0 radical (unpaired) electrons. The van der Waals surface area contributed by atoms with Crippen LogP contribution in [0.2, 0.25) is 0 Å². The predicted octanol–water partition coefficient (Wildman–Crippen LogP) is 3.19. The maximum Gasteiger partial charge on any atom is 0.305 e. The molecule has 3 unspecified atom stereocenters. The minimum Gasteiger partial charge on any atom is -0.469 e. The summed E-state index contributed by atoms with van der Waals surface area (Å²) >= 11 is 0. The van der Waals surface area contributed by atoms with E-state index in [1.54, 1.807) is 6.92 Å². The monoisotopic (exact) mass is 618 g/mol. The topological polar surface area (TPSA) is 143 Å². The molecule has 3 N–H and O–H groups in total.